The Morgan fingerprint density at radius 2 is 1.72 bits per heavy atom. The minimum atomic E-state index is 0.708. The van der Waals surface area contributed by atoms with Gasteiger partial charge in [0.15, 0.2) is 11.5 Å². The number of ether oxygens (including phenoxy) is 1. The summed E-state index contributed by atoms with van der Waals surface area (Å²) in [6.07, 6.45) is 1.04. The van der Waals surface area contributed by atoms with E-state index in [1.807, 2.05) is 59.1 Å². The third-order valence-electron chi connectivity index (χ3n) is 5.25. The number of nitrogens with zero attached hydrogens (tertiary/aromatic N) is 5. The lowest BCUT2D eigenvalue weighted by atomic mass is 10.2. The predicted molar refractivity (Wildman–Crippen MR) is 114 cm³/mol. The Kier molecular flexibility index (Phi) is 5.06. The molecule has 29 heavy (non-hydrogen) atoms. The van der Waals surface area contributed by atoms with Gasteiger partial charge >= 0.3 is 0 Å². The minimum Gasteiger partial charge on any atom is -0.379 e. The first-order valence-electron chi connectivity index (χ1n) is 10.1. The molecule has 7 heteroatoms. The van der Waals surface area contributed by atoms with Crippen molar-refractivity contribution in [3.05, 3.63) is 54.6 Å². The highest BCUT2D eigenvalue weighted by molar-refractivity contribution is 5.92. The van der Waals surface area contributed by atoms with Crippen molar-refractivity contribution < 1.29 is 4.74 Å². The fraction of sp³-hybridized carbons (Fsp3) is 0.318. The Morgan fingerprint density at radius 1 is 0.931 bits per heavy atom. The lowest BCUT2D eigenvalue weighted by Crippen LogP contribution is -2.37. The Hall–Kier alpha value is -3.03. The highest BCUT2D eigenvalue weighted by Gasteiger charge is 2.14. The predicted octanol–water partition coefficient (Wildman–Crippen LogP) is 3.08. The van der Waals surface area contributed by atoms with Crippen LogP contribution < -0.4 is 5.32 Å². The third-order valence-corrected chi connectivity index (χ3v) is 5.25. The van der Waals surface area contributed by atoms with Crippen LogP contribution in [0.1, 0.15) is 6.42 Å². The van der Waals surface area contributed by atoms with Crippen LogP contribution in [-0.2, 0) is 4.74 Å². The Morgan fingerprint density at radius 3 is 2.59 bits per heavy atom. The molecule has 5 rings (SSSR count). The fourth-order valence-electron chi connectivity index (χ4n) is 3.71. The summed E-state index contributed by atoms with van der Waals surface area (Å²) in [4.78, 5) is 12.1. The lowest BCUT2D eigenvalue weighted by Gasteiger charge is -2.26. The van der Waals surface area contributed by atoms with E-state index < -0.39 is 0 Å². The molecule has 1 fully saturated rings. The monoisotopic (exact) mass is 388 g/mol. The van der Waals surface area contributed by atoms with Crippen molar-refractivity contribution in [2.45, 2.75) is 6.42 Å². The Bertz CT molecular complexity index is 1100. The maximum atomic E-state index is 5.42. The van der Waals surface area contributed by atoms with Crippen molar-refractivity contribution in [1.82, 2.24) is 24.5 Å². The molecule has 2 aromatic carbocycles. The number of hydrogen-bond donors (Lipinski definition) is 1. The molecule has 0 radical (unpaired) electrons. The number of para-hydroxylation sites is 1. The molecule has 1 saturated heterocycles. The maximum Gasteiger partial charge on any atom is 0.226 e. The zero-order valence-corrected chi connectivity index (χ0v) is 16.3. The number of benzene rings is 2. The van der Waals surface area contributed by atoms with E-state index in [9.17, 15) is 0 Å². The first-order valence-corrected chi connectivity index (χ1v) is 10.1. The smallest absolute Gasteiger partial charge is 0.226 e. The second-order valence-electron chi connectivity index (χ2n) is 7.22. The van der Waals surface area contributed by atoms with Gasteiger partial charge in [-0.3, -0.25) is 4.90 Å². The van der Waals surface area contributed by atoms with E-state index in [2.05, 4.69) is 10.2 Å². The normalized spacial score (nSPS) is 15.2. The molecule has 1 N–H and O–H groups in total. The molecule has 0 spiro atoms. The SMILES string of the molecule is c1ccc(-c2nc3c4ccccc4nc(NCCCN4CCOCC4)n3n2)cc1. The van der Waals surface area contributed by atoms with Gasteiger partial charge in [-0.2, -0.15) is 4.52 Å². The van der Waals surface area contributed by atoms with Crippen LogP contribution in [0.2, 0.25) is 0 Å². The van der Waals surface area contributed by atoms with Crippen LogP contribution in [0.5, 0.6) is 0 Å². The summed E-state index contributed by atoms with van der Waals surface area (Å²) in [5.74, 6) is 1.44. The Labute approximate surface area is 169 Å². The highest BCUT2D eigenvalue weighted by Crippen LogP contribution is 2.24. The van der Waals surface area contributed by atoms with E-state index in [-0.39, 0.29) is 0 Å². The molecule has 0 atom stereocenters. The molecule has 0 saturated carbocycles. The second-order valence-corrected chi connectivity index (χ2v) is 7.22. The number of hydrogen-bond acceptors (Lipinski definition) is 6. The Balaban J connectivity index is 1.42. The molecule has 0 bridgehead atoms. The summed E-state index contributed by atoms with van der Waals surface area (Å²) in [7, 11) is 0. The molecule has 3 heterocycles. The van der Waals surface area contributed by atoms with Crippen molar-refractivity contribution in [3.63, 3.8) is 0 Å². The standard InChI is InChI=1S/C22H24N6O/c1-2-7-17(8-3-1)20-25-21-18-9-4-5-10-19(18)24-22(28(21)26-20)23-11-6-12-27-13-15-29-16-14-27/h1-5,7-10H,6,11-16H2,(H,23,24). The molecule has 4 aromatic rings. The van der Waals surface area contributed by atoms with Crippen LogP contribution in [0.3, 0.4) is 0 Å². The van der Waals surface area contributed by atoms with Crippen molar-refractivity contribution >= 4 is 22.5 Å². The van der Waals surface area contributed by atoms with Gasteiger partial charge in [0.05, 0.1) is 18.7 Å². The summed E-state index contributed by atoms with van der Waals surface area (Å²) in [5, 5.41) is 9.23. The largest absolute Gasteiger partial charge is 0.379 e. The van der Waals surface area contributed by atoms with Gasteiger partial charge in [0, 0.05) is 30.6 Å². The molecule has 0 aliphatic carbocycles. The van der Waals surface area contributed by atoms with Gasteiger partial charge in [-0.15, -0.1) is 5.10 Å². The topological polar surface area (TPSA) is 67.6 Å². The number of morpholine rings is 1. The summed E-state index contributed by atoms with van der Waals surface area (Å²) in [5.41, 5.74) is 2.74. The van der Waals surface area contributed by atoms with Gasteiger partial charge in [-0.1, -0.05) is 42.5 Å². The second kappa shape index (κ2) is 8.14. The highest BCUT2D eigenvalue weighted by atomic mass is 16.5. The van der Waals surface area contributed by atoms with Crippen LogP contribution in [0.15, 0.2) is 54.6 Å². The molecule has 1 aliphatic rings. The number of rotatable bonds is 6. The number of anilines is 1. The average Bonchev–Trinajstić information content (AvgIpc) is 3.24. The van der Waals surface area contributed by atoms with Crippen LogP contribution in [0.4, 0.5) is 5.95 Å². The first kappa shape index (κ1) is 18.0. The number of aromatic nitrogens is 4. The molecule has 0 amide bonds. The van der Waals surface area contributed by atoms with Crippen LogP contribution in [0, 0.1) is 0 Å². The van der Waals surface area contributed by atoms with E-state index in [0.29, 0.717) is 5.82 Å². The molecule has 7 nitrogen and oxygen atoms in total. The molecular weight excluding hydrogens is 364 g/mol. The summed E-state index contributed by atoms with van der Waals surface area (Å²) < 4.78 is 7.25. The lowest BCUT2D eigenvalue weighted by molar-refractivity contribution is 0.0378. The quantitative estimate of drug-likeness (QED) is 0.512. The van der Waals surface area contributed by atoms with Gasteiger partial charge in [0.2, 0.25) is 5.95 Å². The van der Waals surface area contributed by atoms with E-state index in [1.165, 1.54) is 0 Å². The van der Waals surface area contributed by atoms with Crippen molar-refractivity contribution in [2.24, 2.45) is 0 Å². The molecule has 1 aliphatic heterocycles. The van der Waals surface area contributed by atoms with Crippen LogP contribution in [0.25, 0.3) is 27.9 Å². The van der Waals surface area contributed by atoms with E-state index in [0.717, 1.165) is 73.9 Å². The van der Waals surface area contributed by atoms with Gasteiger partial charge < -0.3 is 10.1 Å². The molecule has 2 aromatic heterocycles. The third kappa shape index (κ3) is 3.79. The van der Waals surface area contributed by atoms with Gasteiger partial charge in [-0.25, -0.2) is 9.97 Å². The van der Waals surface area contributed by atoms with Gasteiger partial charge in [-0.05, 0) is 25.1 Å². The van der Waals surface area contributed by atoms with Crippen LogP contribution >= 0.6 is 0 Å². The maximum absolute atomic E-state index is 5.42. The van der Waals surface area contributed by atoms with Crippen LogP contribution in [-0.4, -0.2) is 63.9 Å². The number of fused-ring (bicyclic) bond motifs is 3. The zero-order chi connectivity index (χ0) is 19.5. The molecule has 148 valence electrons. The van der Waals surface area contributed by atoms with Crippen molar-refractivity contribution in [3.8, 4) is 11.4 Å². The van der Waals surface area contributed by atoms with Crippen molar-refractivity contribution in [2.75, 3.05) is 44.7 Å². The summed E-state index contributed by atoms with van der Waals surface area (Å²) in [6, 6.07) is 18.1. The molecular formula is C22H24N6O. The van der Waals surface area contributed by atoms with Gasteiger partial charge in [0.1, 0.15) is 0 Å². The van der Waals surface area contributed by atoms with E-state index in [4.69, 9.17) is 19.8 Å². The summed E-state index contributed by atoms with van der Waals surface area (Å²) >= 11 is 0. The zero-order valence-electron chi connectivity index (χ0n) is 16.3. The average molecular weight is 388 g/mol. The van der Waals surface area contributed by atoms with E-state index >= 15 is 0 Å². The summed E-state index contributed by atoms with van der Waals surface area (Å²) in [6.45, 7) is 5.59. The minimum absolute atomic E-state index is 0.708. The molecule has 0 unspecified atom stereocenters. The van der Waals surface area contributed by atoms with E-state index in [1.54, 1.807) is 0 Å². The van der Waals surface area contributed by atoms with Crippen molar-refractivity contribution in [1.29, 1.82) is 0 Å². The number of nitrogens with one attached hydrogen (secondary N) is 1. The van der Waals surface area contributed by atoms with Gasteiger partial charge in [0.25, 0.3) is 0 Å². The fourth-order valence-corrected chi connectivity index (χ4v) is 3.71. The first-order chi connectivity index (χ1) is 14.4.